The second-order valence-corrected chi connectivity index (χ2v) is 5.35. The van der Waals surface area contributed by atoms with Crippen LogP contribution in [0.3, 0.4) is 0 Å². The van der Waals surface area contributed by atoms with Crippen LogP contribution in [0.25, 0.3) is 5.69 Å². The minimum Gasteiger partial charge on any atom is -0.481 e. The van der Waals surface area contributed by atoms with Crippen LogP contribution < -0.4 is 0 Å². The molecule has 0 aliphatic carbocycles. The Morgan fingerprint density at radius 2 is 2.09 bits per heavy atom. The zero-order chi connectivity index (χ0) is 16.2. The van der Waals surface area contributed by atoms with Gasteiger partial charge in [0.2, 0.25) is 0 Å². The molecule has 1 aliphatic heterocycles. The van der Waals surface area contributed by atoms with Crippen molar-refractivity contribution in [1.29, 1.82) is 0 Å². The molecule has 0 radical (unpaired) electrons. The zero-order valence-electron chi connectivity index (χ0n) is 12.5. The Morgan fingerprint density at radius 3 is 2.83 bits per heavy atom. The predicted octanol–water partition coefficient (Wildman–Crippen LogP) is 1.19. The van der Waals surface area contributed by atoms with Gasteiger partial charge in [0, 0.05) is 19.3 Å². The molecule has 1 aliphatic rings. The number of aromatic nitrogens is 2. The van der Waals surface area contributed by atoms with Gasteiger partial charge in [-0.3, -0.25) is 9.59 Å². The van der Waals surface area contributed by atoms with Crippen LogP contribution in [0.15, 0.2) is 42.7 Å². The molecule has 0 bridgehead atoms. The van der Waals surface area contributed by atoms with Crippen LogP contribution in [0.5, 0.6) is 0 Å². The van der Waals surface area contributed by atoms with Crippen molar-refractivity contribution in [2.45, 2.75) is 12.5 Å². The standard InChI is InChI=1S/C16H17N3O4/c20-15(21)8-14-11-18(6-7-23-14)16(22)12-9-17-19(10-12)13-4-2-1-3-5-13/h1-5,9-10,14H,6-8,11H2,(H,20,21). The molecule has 1 aromatic heterocycles. The van der Waals surface area contributed by atoms with E-state index in [4.69, 9.17) is 9.84 Å². The van der Waals surface area contributed by atoms with Gasteiger partial charge in [-0.1, -0.05) is 18.2 Å². The number of amides is 1. The highest BCUT2D eigenvalue weighted by Crippen LogP contribution is 2.14. The molecular formula is C16H17N3O4. The van der Waals surface area contributed by atoms with Gasteiger partial charge in [-0.05, 0) is 12.1 Å². The van der Waals surface area contributed by atoms with Gasteiger partial charge >= 0.3 is 5.97 Å². The van der Waals surface area contributed by atoms with Crippen molar-refractivity contribution in [2.75, 3.05) is 19.7 Å². The highest BCUT2D eigenvalue weighted by Gasteiger charge is 2.27. The molecule has 23 heavy (non-hydrogen) atoms. The maximum atomic E-state index is 12.5. The van der Waals surface area contributed by atoms with Gasteiger partial charge in [-0.25, -0.2) is 4.68 Å². The Balaban J connectivity index is 1.71. The van der Waals surface area contributed by atoms with E-state index in [1.807, 2.05) is 30.3 Å². The number of rotatable bonds is 4. The first-order valence-electron chi connectivity index (χ1n) is 7.36. The minimum atomic E-state index is -0.929. The zero-order valence-corrected chi connectivity index (χ0v) is 12.5. The fourth-order valence-corrected chi connectivity index (χ4v) is 2.56. The lowest BCUT2D eigenvalue weighted by Crippen LogP contribution is -2.46. The number of carbonyl (C=O) groups excluding carboxylic acids is 1. The monoisotopic (exact) mass is 315 g/mol. The molecule has 1 aromatic carbocycles. The van der Waals surface area contributed by atoms with E-state index in [9.17, 15) is 9.59 Å². The van der Waals surface area contributed by atoms with E-state index in [1.165, 1.54) is 6.20 Å². The van der Waals surface area contributed by atoms with Crippen molar-refractivity contribution in [1.82, 2.24) is 14.7 Å². The second kappa shape index (κ2) is 6.62. The van der Waals surface area contributed by atoms with E-state index in [0.717, 1.165) is 5.69 Å². The lowest BCUT2D eigenvalue weighted by Gasteiger charge is -2.32. The number of carboxylic acid groups (broad SMARTS) is 1. The summed E-state index contributed by atoms with van der Waals surface area (Å²) in [6.45, 7) is 1.07. The third kappa shape index (κ3) is 3.57. The van der Waals surface area contributed by atoms with Gasteiger partial charge in [0.25, 0.3) is 5.91 Å². The molecule has 0 saturated carbocycles. The fourth-order valence-electron chi connectivity index (χ4n) is 2.56. The van der Waals surface area contributed by atoms with Gasteiger partial charge in [0.1, 0.15) is 0 Å². The molecule has 1 amide bonds. The molecule has 2 aromatic rings. The van der Waals surface area contributed by atoms with E-state index in [-0.39, 0.29) is 18.9 Å². The largest absolute Gasteiger partial charge is 0.481 e. The Kier molecular flexibility index (Phi) is 4.38. The van der Waals surface area contributed by atoms with Crippen LogP contribution in [0, 0.1) is 0 Å². The summed E-state index contributed by atoms with van der Waals surface area (Å²) >= 11 is 0. The summed E-state index contributed by atoms with van der Waals surface area (Å²) in [5, 5.41) is 13.1. The van der Waals surface area contributed by atoms with Crippen LogP contribution in [0.1, 0.15) is 16.8 Å². The van der Waals surface area contributed by atoms with Crippen LogP contribution in [0.2, 0.25) is 0 Å². The average Bonchev–Trinajstić information content (AvgIpc) is 3.04. The fraction of sp³-hybridized carbons (Fsp3) is 0.312. The summed E-state index contributed by atoms with van der Waals surface area (Å²) in [7, 11) is 0. The minimum absolute atomic E-state index is 0.104. The maximum absolute atomic E-state index is 12.5. The highest BCUT2D eigenvalue weighted by molar-refractivity contribution is 5.94. The first-order valence-corrected chi connectivity index (χ1v) is 7.36. The van der Waals surface area contributed by atoms with E-state index >= 15 is 0 Å². The highest BCUT2D eigenvalue weighted by atomic mass is 16.5. The second-order valence-electron chi connectivity index (χ2n) is 5.35. The quantitative estimate of drug-likeness (QED) is 0.916. The van der Waals surface area contributed by atoms with Crippen molar-refractivity contribution in [3.8, 4) is 5.69 Å². The number of benzene rings is 1. The maximum Gasteiger partial charge on any atom is 0.306 e. The molecule has 7 nitrogen and oxygen atoms in total. The molecular weight excluding hydrogens is 298 g/mol. The molecule has 1 atom stereocenters. The number of carboxylic acids is 1. The van der Waals surface area contributed by atoms with Crippen molar-refractivity contribution in [2.24, 2.45) is 0 Å². The Bertz CT molecular complexity index is 698. The van der Waals surface area contributed by atoms with E-state index < -0.39 is 12.1 Å². The van der Waals surface area contributed by atoms with Crippen molar-refractivity contribution < 1.29 is 19.4 Å². The van der Waals surface area contributed by atoms with Gasteiger partial charge in [-0.15, -0.1) is 0 Å². The van der Waals surface area contributed by atoms with Gasteiger partial charge in [0.15, 0.2) is 0 Å². The first kappa shape index (κ1) is 15.2. The van der Waals surface area contributed by atoms with Crippen molar-refractivity contribution in [3.05, 3.63) is 48.3 Å². The summed E-state index contributed by atoms with van der Waals surface area (Å²) < 4.78 is 7.03. The SMILES string of the molecule is O=C(O)CC1CN(C(=O)c2cnn(-c3ccccc3)c2)CCO1. The third-order valence-corrected chi connectivity index (χ3v) is 3.68. The Hall–Kier alpha value is -2.67. The number of aliphatic carboxylic acids is 1. The number of morpholine rings is 1. The first-order chi connectivity index (χ1) is 11.1. The number of ether oxygens (including phenoxy) is 1. The summed E-state index contributed by atoms with van der Waals surface area (Å²) in [5.74, 6) is -1.09. The van der Waals surface area contributed by atoms with E-state index in [2.05, 4.69) is 5.10 Å². The number of nitrogens with zero attached hydrogens (tertiary/aromatic N) is 3. The van der Waals surface area contributed by atoms with Gasteiger partial charge in [-0.2, -0.15) is 5.10 Å². The number of hydrogen-bond donors (Lipinski definition) is 1. The van der Waals surface area contributed by atoms with E-state index in [0.29, 0.717) is 18.7 Å². The summed E-state index contributed by atoms with van der Waals surface area (Å²) in [6, 6.07) is 9.51. The van der Waals surface area contributed by atoms with Gasteiger partial charge < -0.3 is 14.7 Å². The van der Waals surface area contributed by atoms with Crippen molar-refractivity contribution in [3.63, 3.8) is 0 Å². The molecule has 1 unspecified atom stereocenters. The molecule has 1 fully saturated rings. The molecule has 2 heterocycles. The molecule has 3 rings (SSSR count). The molecule has 0 spiro atoms. The number of carbonyl (C=O) groups is 2. The topological polar surface area (TPSA) is 84.7 Å². The lowest BCUT2D eigenvalue weighted by molar-refractivity contribution is -0.141. The van der Waals surface area contributed by atoms with E-state index in [1.54, 1.807) is 15.8 Å². The normalized spacial score (nSPS) is 17.9. The van der Waals surface area contributed by atoms with Crippen LogP contribution in [-0.2, 0) is 9.53 Å². The summed E-state index contributed by atoms with van der Waals surface area (Å²) in [6.07, 6.45) is 2.64. The van der Waals surface area contributed by atoms with Crippen molar-refractivity contribution >= 4 is 11.9 Å². The predicted molar refractivity (Wildman–Crippen MR) is 81.5 cm³/mol. The van der Waals surface area contributed by atoms with Crippen LogP contribution >= 0.6 is 0 Å². The van der Waals surface area contributed by atoms with Gasteiger partial charge in [0.05, 0.1) is 36.6 Å². The lowest BCUT2D eigenvalue weighted by atomic mass is 10.2. The smallest absolute Gasteiger partial charge is 0.306 e. The molecule has 120 valence electrons. The molecule has 1 saturated heterocycles. The summed E-state index contributed by atoms with van der Waals surface area (Å²) in [4.78, 5) is 24.9. The average molecular weight is 315 g/mol. The molecule has 1 N–H and O–H groups in total. The van der Waals surface area contributed by atoms with Crippen LogP contribution in [0.4, 0.5) is 0 Å². The van der Waals surface area contributed by atoms with Crippen LogP contribution in [-0.4, -0.2) is 57.5 Å². The number of para-hydroxylation sites is 1. The Morgan fingerprint density at radius 1 is 1.30 bits per heavy atom. The Labute approximate surface area is 133 Å². The molecule has 7 heteroatoms. The third-order valence-electron chi connectivity index (χ3n) is 3.68. The number of hydrogen-bond acceptors (Lipinski definition) is 4. The summed E-state index contributed by atoms with van der Waals surface area (Å²) in [5.41, 5.74) is 1.35.